The largest absolute Gasteiger partial charge is 0.334 e. The summed E-state index contributed by atoms with van der Waals surface area (Å²) in [4.78, 5) is 0. The Labute approximate surface area is 75.9 Å². The van der Waals surface area contributed by atoms with E-state index in [1.807, 2.05) is 0 Å². The van der Waals surface area contributed by atoms with Crippen LogP contribution >= 0.6 is 11.8 Å². The van der Waals surface area contributed by atoms with E-state index in [1.165, 1.54) is 6.92 Å². The highest BCUT2D eigenvalue weighted by Crippen LogP contribution is 2.30. The molecular formula is C6H5F4N2S. The summed E-state index contributed by atoms with van der Waals surface area (Å²) in [6, 6.07) is 0. The quantitative estimate of drug-likeness (QED) is 0.567. The van der Waals surface area contributed by atoms with Crippen LogP contribution in [0.5, 0.6) is 0 Å². The minimum atomic E-state index is -2.91. The van der Waals surface area contributed by atoms with E-state index in [0.29, 0.717) is 0 Å². The van der Waals surface area contributed by atoms with Crippen molar-refractivity contribution in [1.29, 1.82) is 0 Å². The van der Waals surface area contributed by atoms with Crippen molar-refractivity contribution >= 4 is 11.8 Å². The van der Waals surface area contributed by atoms with Gasteiger partial charge in [0.05, 0.1) is 0 Å². The lowest BCUT2D eigenvalue weighted by Crippen LogP contribution is -2.03. The zero-order valence-corrected chi connectivity index (χ0v) is 7.29. The maximum atomic E-state index is 12.1. The Kier molecular flexibility index (Phi) is 3.18. The Morgan fingerprint density at radius 3 is 2.46 bits per heavy atom. The van der Waals surface area contributed by atoms with Gasteiger partial charge in [-0.2, -0.15) is 27.3 Å². The van der Waals surface area contributed by atoms with Crippen molar-refractivity contribution in [2.45, 2.75) is 24.3 Å². The first-order valence-electron chi connectivity index (χ1n) is 3.22. The maximum absolute atomic E-state index is 12.1. The standard InChI is InChI=1S/C6H5F4N2S/c1-3-2-11-12(5(7)8)4(3)13-6(9)10/h5-6H,1H3. The van der Waals surface area contributed by atoms with Gasteiger partial charge >= 0.3 is 6.55 Å². The fourth-order valence-corrected chi connectivity index (χ4v) is 1.37. The predicted octanol–water partition coefficient (Wildman–Crippen LogP) is 2.70. The molecule has 1 heterocycles. The molecule has 0 fully saturated rings. The molecule has 0 bridgehead atoms. The van der Waals surface area contributed by atoms with Crippen LogP contribution in [0, 0.1) is 13.1 Å². The lowest BCUT2D eigenvalue weighted by molar-refractivity contribution is 0.0470. The third kappa shape index (κ3) is 2.36. The highest BCUT2D eigenvalue weighted by Gasteiger charge is 2.19. The number of hydrogen-bond donors (Lipinski definition) is 0. The summed E-state index contributed by atoms with van der Waals surface area (Å²) in [7, 11) is 0. The van der Waals surface area contributed by atoms with Gasteiger partial charge in [0.2, 0.25) is 0 Å². The van der Waals surface area contributed by atoms with Crippen LogP contribution in [0.4, 0.5) is 17.6 Å². The molecule has 0 unspecified atom stereocenters. The Morgan fingerprint density at radius 2 is 2.00 bits per heavy atom. The number of hydrogen-bond acceptors (Lipinski definition) is 2. The van der Waals surface area contributed by atoms with Crippen LogP contribution in [0.15, 0.2) is 5.03 Å². The van der Waals surface area contributed by atoms with Crippen LogP contribution in [-0.2, 0) is 0 Å². The number of rotatable bonds is 3. The lowest BCUT2D eigenvalue weighted by Gasteiger charge is -2.05. The van der Waals surface area contributed by atoms with Gasteiger partial charge in [-0.15, -0.1) is 0 Å². The van der Waals surface area contributed by atoms with E-state index < -0.39 is 12.3 Å². The van der Waals surface area contributed by atoms with Gasteiger partial charge < -0.3 is 0 Å². The number of nitrogens with zero attached hydrogens (tertiary/aromatic N) is 2. The van der Waals surface area contributed by atoms with E-state index in [1.54, 1.807) is 0 Å². The monoisotopic (exact) mass is 213 g/mol. The highest BCUT2D eigenvalue weighted by atomic mass is 32.2. The van der Waals surface area contributed by atoms with Crippen LogP contribution in [-0.4, -0.2) is 15.5 Å². The van der Waals surface area contributed by atoms with E-state index in [0.717, 1.165) is 0 Å². The van der Waals surface area contributed by atoms with Crippen LogP contribution < -0.4 is 0 Å². The molecule has 0 aliphatic rings. The summed E-state index contributed by atoms with van der Waals surface area (Å²) in [5.41, 5.74) is 0.200. The van der Waals surface area contributed by atoms with Crippen molar-refractivity contribution in [2.24, 2.45) is 0 Å². The van der Waals surface area contributed by atoms with Crippen LogP contribution in [0.3, 0.4) is 0 Å². The Bertz CT molecular complexity index is 286. The minimum absolute atomic E-state index is 0.0425. The molecule has 0 N–H and O–H groups in total. The summed E-state index contributed by atoms with van der Waals surface area (Å²) in [5.74, 6) is -2.73. The highest BCUT2D eigenvalue weighted by molar-refractivity contribution is 7.99. The molecule has 0 aromatic carbocycles. The van der Waals surface area contributed by atoms with Gasteiger partial charge in [-0.05, 0) is 18.7 Å². The molecule has 1 rings (SSSR count). The fourth-order valence-electron chi connectivity index (χ4n) is 0.753. The van der Waals surface area contributed by atoms with E-state index in [4.69, 9.17) is 0 Å². The van der Waals surface area contributed by atoms with Gasteiger partial charge in [0.1, 0.15) is 11.2 Å². The molecular weight excluding hydrogens is 208 g/mol. The topological polar surface area (TPSA) is 17.8 Å². The van der Waals surface area contributed by atoms with E-state index >= 15 is 0 Å². The summed E-state index contributed by atoms with van der Waals surface area (Å²) < 4.78 is 48.2. The summed E-state index contributed by atoms with van der Waals surface area (Å²) in [5, 5.41) is 2.91. The van der Waals surface area contributed by atoms with Gasteiger partial charge in [0.15, 0.2) is 0 Å². The third-order valence-electron chi connectivity index (χ3n) is 1.24. The number of aryl methyl sites for hydroxylation is 1. The van der Waals surface area contributed by atoms with Crippen LogP contribution in [0.2, 0.25) is 0 Å². The second-order valence-electron chi connectivity index (χ2n) is 2.14. The zero-order chi connectivity index (χ0) is 10.0. The normalized spacial score (nSPS) is 11.6. The molecule has 0 saturated carbocycles. The summed E-state index contributed by atoms with van der Waals surface area (Å²) in [6.07, 6.45) is 2.20. The zero-order valence-electron chi connectivity index (χ0n) is 6.47. The van der Waals surface area contributed by atoms with Crippen molar-refractivity contribution in [2.75, 3.05) is 0 Å². The van der Waals surface area contributed by atoms with Crippen LogP contribution in [0.1, 0.15) is 12.1 Å². The molecule has 0 aliphatic heterocycles. The Hall–Kier alpha value is -0.720. The summed E-state index contributed by atoms with van der Waals surface area (Å²) >= 11 is 0.0425. The number of aromatic nitrogens is 2. The summed E-state index contributed by atoms with van der Waals surface area (Å²) in [6.45, 7) is -1.51. The SMILES string of the molecule is Cc1[c]nn(C(F)F)c1SC(F)F. The molecule has 0 atom stereocenters. The van der Waals surface area contributed by atoms with Gasteiger partial charge in [-0.25, -0.2) is 0 Å². The van der Waals surface area contributed by atoms with Crippen molar-refractivity contribution < 1.29 is 17.6 Å². The number of halogens is 4. The maximum Gasteiger partial charge on any atom is 0.334 e. The Morgan fingerprint density at radius 1 is 1.38 bits per heavy atom. The second kappa shape index (κ2) is 3.99. The Balaban J connectivity index is 2.94. The molecule has 0 saturated heterocycles. The van der Waals surface area contributed by atoms with Crippen molar-refractivity contribution in [3.63, 3.8) is 0 Å². The molecule has 0 spiro atoms. The van der Waals surface area contributed by atoms with Crippen LogP contribution in [0.25, 0.3) is 0 Å². The van der Waals surface area contributed by atoms with Crippen molar-refractivity contribution in [1.82, 2.24) is 9.78 Å². The smallest absolute Gasteiger partial charge is 0.198 e. The van der Waals surface area contributed by atoms with Gasteiger partial charge in [0, 0.05) is 5.56 Å². The van der Waals surface area contributed by atoms with Gasteiger partial charge in [0.25, 0.3) is 5.76 Å². The molecule has 1 radical (unpaired) electrons. The van der Waals surface area contributed by atoms with Gasteiger partial charge in [-0.1, -0.05) is 0 Å². The number of alkyl halides is 4. The lowest BCUT2D eigenvalue weighted by atomic mass is 10.4. The molecule has 13 heavy (non-hydrogen) atoms. The molecule has 0 aliphatic carbocycles. The molecule has 73 valence electrons. The van der Waals surface area contributed by atoms with Crippen molar-refractivity contribution in [3.05, 3.63) is 11.8 Å². The van der Waals surface area contributed by atoms with E-state index in [2.05, 4.69) is 11.3 Å². The molecule has 0 amide bonds. The second-order valence-corrected chi connectivity index (χ2v) is 3.12. The predicted molar refractivity (Wildman–Crippen MR) is 38.9 cm³/mol. The average molecular weight is 213 g/mol. The van der Waals surface area contributed by atoms with Gasteiger partial charge in [-0.3, -0.25) is 0 Å². The third-order valence-corrected chi connectivity index (χ3v) is 2.13. The fraction of sp³-hybridized carbons (Fsp3) is 0.500. The first-order chi connectivity index (χ1) is 6.02. The van der Waals surface area contributed by atoms with E-state index in [-0.39, 0.29) is 27.0 Å². The molecule has 2 nitrogen and oxygen atoms in total. The molecule has 7 heteroatoms. The molecule has 1 aromatic rings. The first-order valence-corrected chi connectivity index (χ1v) is 4.10. The minimum Gasteiger partial charge on any atom is -0.198 e. The average Bonchev–Trinajstić information content (AvgIpc) is 2.32. The molecule has 1 aromatic heterocycles. The van der Waals surface area contributed by atoms with E-state index in [9.17, 15) is 17.6 Å². The number of thioether (sulfide) groups is 1. The van der Waals surface area contributed by atoms with Crippen molar-refractivity contribution in [3.8, 4) is 0 Å². The first kappa shape index (κ1) is 10.4.